The first kappa shape index (κ1) is 16.5. The summed E-state index contributed by atoms with van der Waals surface area (Å²) in [5, 5.41) is 0. The fourth-order valence-corrected chi connectivity index (χ4v) is 3.11. The molecule has 1 atom stereocenters. The second-order valence-corrected chi connectivity index (χ2v) is 6.50. The molecule has 0 fully saturated rings. The molecule has 0 bridgehead atoms. The van der Waals surface area contributed by atoms with Gasteiger partial charge in [0.05, 0.1) is 0 Å². The summed E-state index contributed by atoms with van der Waals surface area (Å²) in [6.07, 6.45) is 1.96. The van der Waals surface area contributed by atoms with E-state index in [-0.39, 0.29) is 5.92 Å². The zero-order chi connectivity index (χ0) is 16.8. The summed E-state index contributed by atoms with van der Waals surface area (Å²) in [7, 11) is 0. The number of hydrogen-bond donors (Lipinski definition) is 0. The minimum absolute atomic E-state index is 0.0921. The summed E-state index contributed by atoms with van der Waals surface area (Å²) in [6.45, 7) is 4.58. The lowest BCUT2D eigenvalue weighted by atomic mass is 9.91. The number of ether oxygens (including phenoxy) is 1. The highest BCUT2D eigenvalue weighted by atomic mass is 79.9. The van der Waals surface area contributed by atoms with Crippen molar-refractivity contribution in [3.63, 3.8) is 0 Å². The molecule has 0 spiro atoms. The van der Waals surface area contributed by atoms with Crippen molar-refractivity contribution in [2.24, 2.45) is 0 Å². The van der Waals surface area contributed by atoms with Crippen molar-refractivity contribution in [2.75, 3.05) is 0 Å². The maximum Gasteiger partial charge on any atom is 0.124 e. The van der Waals surface area contributed by atoms with Crippen LogP contribution in [0.1, 0.15) is 22.6 Å². The highest BCUT2D eigenvalue weighted by molar-refractivity contribution is 9.10. The predicted octanol–water partition coefficient (Wildman–Crippen LogP) is 6.35. The first-order valence-corrected chi connectivity index (χ1v) is 8.71. The topological polar surface area (TPSA) is 9.23 Å². The molecule has 0 N–H and O–H groups in total. The van der Waals surface area contributed by atoms with Crippen molar-refractivity contribution in [1.29, 1.82) is 0 Å². The van der Waals surface area contributed by atoms with Gasteiger partial charge < -0.3 is 4.74 Å². The molecule has 0 amide bonds. The van der Waals surface area contributed by atoms with E-state index in [0.717, 1.165) is 21.3 Å². The van der Waals surface area contributed by atoms with E-state index in [0.29, 0.717) is 6.61 Å². The molecular formula is C22H19BrO. The predicted molar refractivity (Wildman–Crippen MR) is 103 cm³/mol. The molecule has 0 aliphatic carbocycles. The zero-order valence-electron chi connectivity index (χ0n) is 13.4. The minimum Gasteiger partial charge on any atom is -0.489 e. The van der Waals surface area contributed by atoms with Crippen molar-refractivity contribution in [2.45, 2.75) is 12.5 Å². The van der Waals surface area contributed by atoms with Gasteiger partial charge in [0.1, 0.15) is 12.4 Å². The van der Waals surface area contributed by atoms with Gasteiger partial charge in [-0.1, -0.05) is 82.7 Å². The highest BCUT2D eigenvalue weighted by Crippen LogP contribution is 2.35. The molecule has 0 saturated carbocycles. The number of benzene rings is 3. The van der Waals surface area contributed by atoms with Gasteiger partial charge in [-0.05, 0) is 29.3 Å². The van der Waals surface area contributed by atoms with Crippen molar-refractivity contribution in [1.82, 2.24) is 0 Å². The lowest BCUT2D eigenvalue weighted by Crippen LogP contribution is -2.03. The van der Waals surface area contributed by atoms with Crippen molar-refractivity contribution in [3.05, 3.63) is 113 Å². The van der Waals surface area contributed by atoms with E-state index in [1.807, 2.05) is 54.6 Å². The van der Waals surface area contributed by atoms with Crippen LogP contribution in [0.4, 0.5) is 0 Å². The molecule has 0 saturated heterocycles. The smallest absolute Gasteiger partial charge is 0.124 e. The van der Waals surface area contributed by atoms with Gasteiger partial charge in [0.25, 0.3) is 0 Å². The third-order valence-electron chi connectivity index (χ3n) is 3.94. The van der Waals surface area contributed by atoms with Gasteiger partial charge in [-0.3, -0.25) is 0 Å². The van der Waals surface area contributed by atoms with Gasteiger partial charge in [0.2, 0.25) is 0 Å². The standard InChI is InChI=1S/C22H19BrO/c1-2-20(18-11-7-4-8-12-18)21-15-19(23)13-14-22(21)24-16-17-9-5-3-6-10-17/h2-15,20H,1,16H2/t20-/m1/s1. The van der Waals surface area contributed by atoms with Gasteiger partial charge in [-0.2, -0.15) is 0 Å². The largest absolute Gasteiger partial charge is 0.489 e. The fourth-order valence-electron chi connectivity index (χ4n) is 2.73. The molecule has 0 heterocycles. The maximum atomic E-state index is 6.11. The van der Waals surface area contributed by atoms with E-state index in [4.69, 9.17) is 4.74 Å². The lowest BCUT2D eigenvalue weighted by molar-refractivity contribution is 0.302. The molecular weight excluding hydrogens is 360 g/mol. The van der Waals surface area contributed by atoms with E-state index in [1.165, 1.54) is 5.56 Å². The van der Waals surface area contributed by atoms with Gasteiger partial charge in [-0.25, -0.2) is 0 Å². The molecule has 24 heavy (non-hydrogen) atoms. The Morgan fingerprint density at radius 2 is 1.58 bits per heavy atom. The Bertz CT molecular complexity index is 797. The first-order valence-electron chi connectivity index (χ1n) is 7.91. The number of allylic oxidation sites excluding steroid dienone is 1. The highest BCUT2D eigenvalue weighted by Gasteiger charge is 2.16. The van der Waals surface area contributed by atoms with Crippen LogP contribution >= 0.6 is 15.9 Å². The van der Waals surface area contributed by atoms with E-state index in [1.54, 1.807) is 0 Å². The Kier molecular flexibility index (Phi) is 5.50. The maximum absolute atomic E-state index is 6.11. The summed E-state index contributed by atoms with van der Waals surface area (Å²) < 4.78 is 7.15. The molecule has 3 aromatic rings. The van der Waals surface area contributed by atoms with Crippen molar-refractivity contribution < 1.29 is 4.74 Å². The van der Waals surface area contributed by atoms with Gasteiger partial charge >= 0.3 is 0 Å². The number of rotatable bonds is 6. The second-order valence-electron chi connectivity index (χ2n) is 5.58. The van der Waals surface area contributed by atoms with Gasteiger partial charge in [-0.15, -0.1) is 6.58 Å². The quantitative estimate of drug-likeness (QED) is 0.454. The summed E-state index contributed by atoms with van der Waals surface area (Å²) in [5.41, 5.74) is 3.47. The normalized spacial score (nSPS) is 11.7. The van der Waals surface area contributed by atoms with Crippen LogP contribution in [0.2, 0.25) is 0 Å². The molecule has 0 unspecified atom stereocenters. The van der Waals surface area contributed by atoms with Crippen LogP contribution in [0.15, 0.2) is 96.0 Å². The van der Waals surface area contributed by atoms with E-state index < -0.39 is 0 Å². The molecule has 2 heteroatoms. The molecule has 120 valence electrons. The van der Waals surface area contributed by atoms with Crippen LogP contribution in [0, 0.1) is 0 Å². The summed E-state index contributed by atoms with van der Waals surface area (Å²) in [5.74, 6) is 0.977. The van der Waals surface area contributed by atoms with Crippen LogP contribution in [-0.4, -0.2) is 0 Å². The molecule has 0 aliphatic rings. The van der Waals surface area contributed by atoms with Crippen LogP contribution in [0.25, 0.3) is 0 Å². The monoisotopic (exact) mass is 378 g/mol. The Morgan fingerprint density at radius 3 is 2.25 bits per heavy atom. The summed E-state index contributed by atoms with van der Waals surface area (Å²) in [6, 6.07) is 26.7. The van der Waals surface area contributed by atoms with Crippen molar-refractivity contribution >= 4 is 15.9 Å². The number of halogens is 1. The Hall–Kier alpha value is -2.32. The average Bonchev–Trinajstić information content (AvgIpc) is 2.63. The summed E-state index contributed by atoms with van der Waals surface area (Å²) >= 11 is 3.57. The van der Waals surface area contributed by atoms with E-state index >= 15 is 0 Å². The molecule has 0 aliphatic heterocycles. The Morgan fingerprint density at radius 1 is 0.917 bits per heavy atom. The Balaban J connectivity index is 1.91. The second kappa shape index (κ2) is 7.98. The molecule has 0 radical (unpaired) electrons. The van der Waals surface area contributed by atoms with E-state index in [2.05, 4.69) is 52.8 Å². The van der Waals surface area contributed by atoms with Crippen LogP contribution in [0.5, 0.6) is 5.75 Å². The average molecular weight is 379 g/mol. The van der Waals surface area contributed by atoms with E-state index in [9.17, 15) is 0 Å². The molecule has 3 aromatic carbocycles. The zero-order valence-corrected chi connectivity index (χ0v) is 14.9. The Labute approximate surface area is 151 Å². The number of hydrogen-bond acceptors (Lipinski definition) is 1. The third-order valence-corrected chi connectivity index (χ3v) is 4.43. The van der Waals surface area contributed by atoms with Crippen LogP contribution < -0.4 is 4.74 Å². The van der Waals surface area contributed by atoms with Crippen molar-refractivity contribution in [3.8, 4) is 5.75 Å². The van der Waals surface area contributed by atoms with Crippen LogP contribution in [0.3, 0.4) is 0 Å². The molecule has 3 rings (SSSR count). The molecule has 1 nitrogen and oxygen atoms in total. The van der Waals surface area contributed by atoms with Crippen LogP contribution in [-0.2, 0) is 6.61 Å². The first-order chi connectivity index (χ1) is 11.8. The SMILES string of the molecule is C=C[C@H](c1ccccc1)c1cc(Br)ccc1OCc1ccccc1. The fraction of sp³-hybridized carbons (Fsp3) is 0.0909. The molecule has 0 aromatic heterocycles. The third kappa shape index (κ3) is 3.95. The lowest BCUT2D eigenvalue weighted by Gasteiger charge is -2.19. The minimum atomic E-state index is 0.0921. The van der Waals surface area contributed by atoms with Gasteiger partial charge in [0.15, 0.2) is 0 Å². The van der Waals surface area contributed by atoms with Gasteiger partial charge in [0, 0.05) is 16.0 Å². The summed E-state index contributed by atoms with van der Waals surface area (Å²) in [4.78, 5) is 0.